The second-order valence-electron chi connectivity index (χ2n) is 4.47. The van der Waals surface area contributed by atoms with Crippen LogP contribution in [-0.4, -0.2) is 20.9 Å². The van der Waals surface area contributed by atoms with Gasteiger partial charge in [-0.3, -0.25) is 9.48 Å². The summed E-state index contributed by atoms with van der Waals surface area (Å²) in [5, 5.41) is 12.1. The molecule has 0 saturated heterocycles. The average molecular weight is 248 g/mol. The molecule has 1 aromatic heterocycles. The van der Waals surface area contributed by atoms with Gasteiger partial charge in [0, 0.05) is 18.2 Å². The topological polar surface area (TPSA) is 55.1 Å². The van der Waals surface area contributed by atoms with Gasteiger partial charge in [0.05, 0.1) is 6.42 Å². The molecule has 1 N–H and O–H groups in total. The van der Waals surface area contributed by atoms with Crippen molar-refractivity contribution >= 4 is 5.97 Å². The molecule has 94 valence electrons. The molecule has 1 aliphatic rings. The monoisotopic (exact) mass is 248 g/mol. The second-order valence-corrected chi connectivity index (χ2v) is 4.47. The number of nitrogens with zero attached hydrogens (tertiary/aromatic N) is 2. The SMILES string of the molecule is O=C(O)CC1(Cn2ccc(C(F)(F)F)n2)CC1. The van der Waals surface area contributed by atoms with Crippen molar-refractivity contribution in [3.8, 4) is 0 Å². The fourth-order valence-electron chi connectivity index (χ4n) is 1.83. The van der Waals surface area contributed by atoms with Gasteiger partial charge in [-0.2, -0.15) is 18.3 Å². The van der Waals surface area contributed by atoms with E-state index >= 15 is 0 Å². The minimum atomic E-state index is -4.45. The molecule has 0 atom stereocenters. The summed E-state index contributed by atoms with van der Waals surface area (Å²) in [5.41, 5.74) is -1.34. The van der Waals surface area contributed by atoms with Crippen LogP contribution >= 0.6 is 0 Å². The van der Waals surface area contributed by atoms with Gasteiger partial charge in [-0.25, -0.2) is 0 Å². The standard InChI is InChI=1S/C10H11F3N2O2/c11-10(12,13)7-1-4-15(14-7)6-9(2-3-9)5-8(16)17/h1,4H,2-3,5-6H2,(H,16,17). The van der Waals surface area contributed by atoms with E-state index in [-0.39, 0.29) is 13.0 Å². The van der Waals surface area contributed by atoms with E-state index in [2.05, 4.69) is 5.10 Å². The molecular formula is C10H11F3N2O2. The Morgan fingerprint density at radius 2 is 2.18 bits per heavy atom. The van der Waals surface area contributed by atoms with Gasteiger partial charge in [0.2, 0.25) is 0 Å². The van der Waals surface area contributed by atoms with Crippen molar-refractivity contribution < 1.29 is 23.1 Å². The van der Waals surface area contributed by atoms with Crippen LogP contribution in [0, 0.1) is 5.41 Å². The molecule has 0 aromatic carbocycles. The quantitative estimate of drug-likeness (QED) is 0.888. The van der Waals surface area contributed by atoms with Crippen molar-refractivity contribution in [2.75, 3.05) is 0 Å². The van der Waals surface area contributed by atoms with E-state index in [4.69, 9.17) is 5.11 Å². The number of hydrogen-bond acceptors (Lipinski definition) is 2. The Hall–Kier alpha value is -1.53. The van der Waals surface area contributed by atoms with Crippen LogP contribution in [0.1, 0.15) is 25.0 Å². The minimum Gasteiger partial charge on any atom is -0.481 e. The van der Waals surface area contributed by atoms with E-state index in [1.165, 1.54) is 10.9 Å². The fraction of sp³-hybridized carbons (Fsp3) is 0.600. The van der Waals surface area contributed by atoms with Crippen molar-refractivity contribution in [3.63, 3.8) is 0 Å². The lowest BCUT2D eigenvalue weighted by atomic mass is 10.0. The lowest BCUT2D eigenvalue weighted by Gasteiger charge is -2.12. The lowest BCUT2D eigenvalue weighted by molar-refractivity contribution is -0.142. The third-order valence-corrected chi connectivity index (χ3v) is 2.91. The third kappa shape index (κ3) is 2.78. The lowest BCUT2D eigenvalue weighted by Crippen LogP contribution is -2.17. The van der Waals surface area contributed by atoms with E-state index < -0.39 is 23.3 Å². The highest BCUT2D eigenvalue weighted by molar-refractivity contribution is 5.68. The molecule has 1 aromatic rings. The Balaban J connectivity index is 2.05. The van der Waals surface area contributed by atoms with E-state index in [1.807, 2.05) is 0 Å². The molecule has 0 amide bonds. The molecule has 0 spiro atoms. The van der Waals surface area contributed by atoms with Crippen LogP contribution in [0.5, 0.6) is 0 Å². The Morgan fingerprint density at radius 3 is 2.59 bits per heavy atom. The maximum atomic E-state index is 12.3. The summed E-state index contributed by atoms with van der Waals surface area (Å²) in [7, 11) is 0. The van der Waals surface area contributed by atoms with Gasteiger partial charge in [-0.1, -0.05) is 0 Å². The van der Waals surface area contributed by atoms with Crippen molar-refractivity contribution in [2.24, 2.45) is 5.41 Å². The zero-order valence-corrected chi connectivity index (χ0v) is 8.87. The highest BCUT2D eigenvalue weighted by Crippen LogP contribution is 2.50. The largest absolute Gasteiger partial charge is 0.481 e. The van der Waals surface area contributed by atoms with Gasteiger partial charge in [0.25, 0.3) is 0 Å². The molecule has 0 radical (unpaired) electrons. The van der Waals surface area contributed by atoms with Crippen LogP contribution in [0.3, 0.4) is 0 Å². The number of carbonyl (C=O) groups is 1. The minimum absolute atomic E-state index is 0.0196. The van der Waals surface area contributed by atoms with E-state index in [0.717, 1.165) is 18.9 Å². The van der Waals surface area contributed by atoms with Crippen molar-refractivity contribution in [1.29, 1.82) is 0 Å². The maximum Gasteiger partial charge on any atom is 0.435 e. The van der Waals surface area contributed by atoms with Gasteiger partial charge in [-0.15, -0.1) is 0 Å². The Morgan fingerprint density at radius 1 is 1.53 bits per heavy atom. The van der Waals surface area contributed by atoms with Crippen molar-refractivity contribution in [2.45, 2.75) is 32.0 Å². The molecule has 17 heavy (non-hydrogen) atoms. The summed E-state index contributed by atoms with van der Waals surface area (Å²) in [6.07, 6.45) is -1.78. The highest BCUT2D eigenvalue weighted by Gasteiger charge is 2.45. The number of aromatic nitrogens is 2. The maximum absolute atomic E-state index is 12.3. The third-order valence-electron chi connectivity index (χ3n) is 2.91. The number of rotatable bonds is 4. The van der Waals surface area contributed by atoms with Crippen LogP contribution in [0.25, 0.3) is 0 Å². The normalized spacial score (nSPS) is 18.1. The molecular weight excluding hydrogens is 237 g/mol. The molecule has 1 saturated carbocycles. The van der Waals surface area contributed by atoms with E-state index in [9.17, 15) is 18.0 Å². The number of aliphatic carboxylic acids is 1. The molecule has 0 bridgehead atoms. The summed E-state index contributed by atoms with van der Waals surface area (Å²) < 4.78 is 38.0. The number of hydrogen-bond donors (Lipinski definition) is 1. The van der Waals surface area contributed by atoms with Crippen LogP contribution in [0.2, 0.25) is 0 Å². The first kappa shape index (κ1) is 11.9. The molecule has 2 rings (SSSR count). The Kier molecular flexibility index (Phi) is 2.63. The van der Waals surface area contributed by atoms with Crippen molar-refractivity contribution in [1.82, 2.24) is 9.78 Å². The molecule has 1 aliphatic carbocycles. The zero-order chi connectivity index (χ0) is 12.7. The Bertz CT molecular complexity index is 435. The first-order chi connectivity index (χ1) is 7.81. The fourth-order valence-corrected chi connectivity index (χ4v) is 1.83. The predicted octanol–water partition coefficient (Wildman–Crippen LogP) is 2.16. The Labute approximate surface area is 95.0 Å². The molecule has 0 aliphatic heterocycles. The molecule has 4 nitrogen and oxygen atoms in total. The number of halogens is 3. The first-order valence-corrected chi connectivity index (χ1v) is 5.13. The van der Waals surface area contributed by atoms with E-state index in [1.54, 1.807) is 0 Å². The van der Waals surface area contributed by atoms with E-state index in [0.29, 0.717) is 0 Å². The molecule has 0 unspecified atom stereocenters. The molecule has 1 heterocycles. The van der Waals surface area contributed by atoms with Gasteiger partial charge in [0.1, 0.15) is 0 Å². The van der Waals surface area contributed by atoms with Gasteiger partial charge >= 0.3 is 12.1 Å². The summed E-state index contributed by atoms with van der Waals surface area (Å²) in [4.78, 5) is 10.6. The number of alkyl halides is 3. The zero-order valence-electron chi connectivity index (χ0n) is 8.87. The average Bonchev–Trinajstić information content (AvgIpc) is 2.73. The van der Waals surface area contributed by atoms with Crippen LogP contribution < -0.4 is 0 Å². The summed E-state index contributed by atoms with van der Waals surface area (Å²) in [6.45, 7) is 0.232. The number of carboxylic acids is 1. The molecule has 7 heteroatoms. The van der Waals surface area contributed by atoms with Crippen LogP contribution in [0.4, 0.5) is 13.2 Å². The smallest absolute Gasteiger partial charge is 0.435 e. The van der Waals surface area contributed by atoms with Crippen molar-refractivity contribution in [3.05, 3.63) is 18.0 Å². The van der Waals surface area contributed by atoms with Gasteiger partial charge in [-0.05, 0) is 18.9 Å². The number of carboxylic acid groups (broad SMARTS) is 1. The first-order valence-electron chi connectivity index (χ1n) is 5.13. The second kappa shape index (κ2) is 3.75. The predicted molar refractivity (Wildman–Crippen MR) is 51.1 cm³/mol. The van der Waals surface area contributed by atoms with Gasteiger partial charge < -0.3 is 5.11 Å². The van der Waals surface area contributed by atoms with Crippen LogP contribution in [0.15, 0.2) is 12.3 Å². The van der Waals surface area contributed by atoms with Gasteiger partial charge in [0.15, 0.2) is 5.69 Å². The highest BCUT2D eigenvalue weighted by atomic mass is 19.4. The summed E-state index contributed by atoms with van der Waals surface area (Å²) in [5.74, 6) is -0.925. The summed E-state index contributed by atoms with van der Waals surface area (Å²) >= 11 is 0. The summed E-state index contributed by atoms with van der Waals surface area (Å²) in [6, 6.07) is 0.900. The molecule has 1 fully saturated rings. The van der Waals surface area contributed by atoms with Crippen LogP contribution in [-0.2, 0) is 17.5 Å².